The van der Waals surface area contributed by atoms with Crippen LogP contribution in [0.15, 0.2) is 20.0 Å². The molecule has 1 N–H and O–H groups in total. The smallest absolute Gasteiger partial charge is 0.461 e. The van der Waals surface area contributed by atoms with E-state index in [0.717, 1.165) is 32.1 Å². The highest BCUT2D eigenvalue weighted by molar-refractivity contribution is 5.93. The number of fused-ring (bicyclic) bond motifs is 3. The number of hydrogen-bond donors (Lipinski definition) is 1. The van der Waals surface area contributed by atoms with Gasteiger partial charge in [-0.15, -0.1) is 6.42 Å². The van der Waals surface area contributed by atoms with Crippen LogP contribution in [-0.2, 0) is 41.7 Å². The summed E-state index contributed by atoms with van der Waals surface area (Å²) in [5.41, 5.74) is -3.00. The molecule has 258 valence electrons. The third-order valence-corrected chi connectivity index (χ3v) is 9.26. The summed E-state index contributed by atoms with van der Waals surface area (Å²) >= 11 is 0. The normalized spacial score (nSPS) is 20.6. The van der Waals surface area contributed by atoms with Crippen molar-refractivity contribution in [2.45, 2.75) is 90.6 Å². The van der Waals surface area contributed by atoms with Gasteiger partial charge in [-0.25, -0.2) is 14.6 Å². The van der Waals surface area contributed by atoms with Crippen LogP contribution in [0.1, 0.15) is 70.8 Å². The lowest BCUT2D eigenvalue weighted by Crippen LogP contribution is -2.45. The number of methoxy groups -OCH3 is 1. The highest BCUT2D eigenvalue weighted by Crippen LogP contribution is 2.54. The minimum absolute atomic E-state index is 0.0505. The second-order valence-electron chi connectivity index (χ2n) is 13.1. The van der Waals surface area contributed by atoms with E-state index in [1.807, 2.05) is 0 Å². The molecule has 3 aromatic heterocycles. The van der Waals surface area contributed by atoms with Gasteiger partial charge in [-0.05, 0) is 58.8 Å². The number of carbonyl (C=O) groups excluding carboxylic acids is 3. The van der Waals surface area contributed by atoms with E-state index in [1.54, 1.807) is 6.92 Å². The van der Waals surface area contributed by atoms with Crippen molar-refractivity contribution in [3.05, 3.63) is 34.5 Å². The number of nitrogens with zero attached hydrogens (tertiary/aromatic N) is 4. The molecule has 15 nitrogen and oxygen atoms in total. The van der Waals surface area contributed by atoms with Crippen LogP contribution in [0.5, 0.6) is 0 Å². The molecule has 5 rings (SSSR count). The first-order valence-electron chi connectivity index (χ1n) is 15.5. The number of aromatic nitrogens is 4. The van der Waals surface area contributed by atoms with E-state index < -0.39 is 46.5 Å². The summed E-state index contributed by atoms with van der Waals surface area (Å²) in [5.74, 6) is 0.770. The van der Waals surface area contributed by atoms with Gasteiger partial charge in [0, 0.05) is 19.6 Å². The highest BCUT2D eigenvalue weighted by Gasteiger charge is 2.52. The number of carbonyl (C=O) groups is 3. The van der Waals surface area contributed by atoms with E-state index in [-0.39, 0.29) is 60.7 Å². The fourth-order valence-electron chi connectivity index (χ4n) is 6.49. The molecular formula is C32H38FN5O10. The molecule has 2 fully saturated rings. The summed E-state index contributed by atoms with van der Waals surface area (Å²) < 4.78 is 47.7. The minimum Gasteiger partial charge on any atom is -0.461 e. The molecule has 2 atom stereocenters. The fourth-order valence-corrected chi connectivity index (χ4v) is 6.49. The average Bonchev–Trinajstić information content (AvgIpc) is 3.81. The Morgan fingerprint density at radius 3 is 2.56 bits per heavy atom. The molecule has 0 aromatic carbocycles. The van der Waals surface area contributed by atoms with Crippen LogP contribution >= 0.6 is 0 Å². The van der Waals surface area contributed by atoms with Crippen LogP contribution in [0.3, 0.4) is 0 Å². The van der Waals surface area contributed by atoms with Gasteiger partial charge in [0.05, 0.1) is 18.2 Å². The van der Waals surface area contributed by atoms with Crippen LogP contribution in [0.4, 0.5) is 15.0 Å². The van der Waals surface area contributed by atoms with Crippen molar-refractivity contribution in [2.75, 3.05) is 19.0 Å². The van der Waals surface area contributed by atoms with E-state index in [2.05, 4.69) is 26.2 Å². The van der Waals surface area contributed by atoms with Crippen molar-refractivity contribution < 1.29 is 46.6 Å². The SMILES string of the molecule is C#C[C@](COC(=O)C12CCC(CC1)C2)(OC)[C@@H](C)Cn1cnc2c(NC(=O)OC(C)(C)CC(=O)OCc3oc(=O)oc3C)nc(F)nc21. The predicted octanol–water partition coefficient (Wildman–Crippen LogP) is 4.06. The van der Waals surface area contributed by atoms with Gasteiger partial charge in [0.15, 0.2) is 40.7 Å². The molecule has 0 radical (unpaired) electrons. The number of ether oxygens (including phenoxy) is 4. The number of halogens is 1. The summed E-state index contributed by atoms with van der Waals surface area (Å²) in [6.07, 6.45) is 9.27. The monoisotopic (exact) mass is 671 g/mol. The number of aryl methyl sites for hydroxylation is 1. The van der Waals surface area contributed by atoms with E-state index in [4.69, 9.17) is 34.2 Å². The number of amides is 1. The molecule has 2 aliphatic rings. The van der Waals surface area contributed by atoms with Crippen molar-refractivity contribution in [1.29, 1.82) is 0 Å². The van der Waals surface area contributed by atoms with Gasteiger partial charge in [-0.1, -0.05) is 12.8 Å². The summed E-state index contributed by atoms with van der Waals surface area (Å²) in [6, 6.07) is 0. The Morgan fingerprint density at radius 2 is 1.96 bits per heavy atom. The fraction of sp³-hybridized carbons (Fsp3) is 0.594. The maximum atomic E-state index is 14.6. The molecule has 0 aliphatic heterocycles. The zero-order valence-corrected chi connectivity index (χ0v) is 27.4. The molecule has 0 spiro atoms. The van der Waals surface area contributed by atoms with Crippen molar-refractivity contribution in [2.24, 2.45) is 17.3 Å². The molecule has 2 saturated carbocycles. The summed E-state index contributed by atoms with van der Waals surface area (Å²) in [4.78, 5) is 61.3. The Bertz CT molecular complexity index is 1800. The maximum absolute atomic E-state index is 14.6. The van der Waals surface area contributed by atoms with Crippen molar-refractivity contribution in [3.8, 4) is 12.3 Å². The number of terminal acetylenes is 1. The third kappa shape index (κ3) is 7.20. The summed E-state index contributed by atoms with van der Waals surface area (Å²) in [7, 11) is 1.44. The first-order valence-corrected chi connectivity index (χ1v) is 15.5. The molecule has 16 heteroatoms. The Labute approximate surface area is 274 Å². The van der Waals surface area contributed by atoms with E-state index in [1.165, 1.54) is 38.8 Å². The second kappa shape index (κ2) is 13.4. The molecule has 0 saturated heterocycles. The van der Waals surface area contributed by atoms with E-state index >= 15 is 0 Å². The lowest BCUT2D eigenvalue weighted by molar-refractivity contribution is -0.164. The van der Waals surface area contributed by atoms with Crippen LogP contribution in [0.25, 0.3) is 11.2 Å². The van der Waals surface area contributed by atoms with Gasteiger partial charge in [0.25, 0.3) is 0 Å². The molecule has 2 aliphatic carbocycles. The summed E-state index contributed by atoms with van der Waals surface area (Å²) in [6.45, 7) is 5.83. The molecule has 3 heterocycles. The Balaban J connectivity index is 1.22. The van der Waals surface area contributed by atoms with Crippen molar-refractivity contribution in [3.63, 3.8) is 0 Å². The lowest BCUT2D eigenvalue weighted by Gasteiger charge is -2.34. The van der Waals surface area contributed by atoms with Gasteiger partial charge < -0.3 is 32.3 Å². The topological polar surface area (TPSA) is 187 Å². The second-order valence-corrected chi connectivity index (χ2v) is 13.1. The van der Waals surface area contributed by atoms with E-state index in [0.29, 0.717) is 5.92 Å². The Morgan fingerprint density at radius 1 is 1.23 bits per heavy atom. The number of esters is 2. The number of hydrogen-bond acceptors (Lipinski definition) is 13. The lowest BCUT2D eigenvalue weighted by atomic mass is 9.84. The Hall–Kier alpha value is -4.78. The van der Waals surface area contributed by atoms with Crippen molar-refractivity contribution >= 4 is 35.0 Å². The van der Waals surface area contributed by atoms with Gasteiger partial charge >= 0.3 is 29.9 Å². The maximum Gasteiger partial charge on any atom is 0.519 e. The van der Waals surface area contributed by atoms with Gasteiger partial charge in [-0.3, -0.25) is 14.9 Å². The van der Waals surface area contributed by atoms with Gasteiger partial charge in [0.2, 0.25) is 0 Å². The van der Waals surface area contributed by atoms with Crippen LogP contribution < -0.4 is 11.1 Å². The van der Waals surface area contributed by atoms with Crippen LogP contribution in [-0.4, -0.2) is 62.5 Å². The molecule has 2 bridgehead atoms. The van der Waals surface area contributed by atoms with Gasteiger partial charge in [0.1, 0.15) is 12.2 Å². The van der Waals surface area contributed by atoms with Crippen molar-refractivity contribution in [1.82, 2.24) is 19.5 Å². The standard InChI is InChI=1S/C32H38FN5O10/c1-7-32(43-6,16-45-26(40)31-10-8-20(12-31)9-11-31)18(2)14-38-17-34-23-24(35-27(33)37-25(23)38)36-28(41)48-30(4,5)13-22(39)44-15-21-19(3)46-29(42)47-21/h1,17-18,20H,8-16H2,2-6H3,(H,35,36,37,41)/t18-,20?,31?,32+/m0/s1. The third-order valence-electron chi connectivity index (χ3n) is 9.26. The predicted molar refractivity (Wildman–Crippen MR) is 164 cm³/mol. The number of rotatable bonds is 13. The molecular weight excluding hydrogens is 633 g/mol. The average molecular weight is 672 g/mol. The van der Waals surface area contributed by atoms with Crippen LogP contribution in [0, 0.1) is 42.6 Å². The quantitative estimate of drug-likeness (QED) is 0.119. The highest BCUT2D eigenvalue weighted by atomic mass is 19.1. The first kappa shape index (κ1) is 34.6. The van der Waals surface area contributed by atoms with E-state index in [9.17, 15) is 23.6 Å². The number of nitrogens with one attached hydrogen (secondary N) is 1. The molecule has 48 heavy (non-hydrogen) atoms. The van der Waals surface area contributed by atoms with Crippen LogP contribution in [0.2, 0.25) is 0 Å². The molecule has 0 unspecified atom stereocenters. The minimum atomic E-state index is -1.37. The Kier molecular flexibility index (Phi) is 9.63. The first-order chi connectivity index (χ1) is 22.7. The molecule has 3 aromatic rings. The van der Waals surface area contributed by atoms with Gasteiger partial charge in [-0.2, -0.15) is 14.4 Å². The zero-order chi connectivity index (χ0) is 34.9. The number of anilines is 1. The molecule has 1 amide bonds. The zero-order valence-electron chi connectivity index (χ0n) is 27.4. The summed E-state index contributed by atoms with van der Waals surface area (Å²) in [5, 5.41) is 2.36. The number of imidazole rings is 1. The largest absolute Gasteiger partial charge is 0.519 e.